The lowest BCUT2D eigenvalue weighted by Gasteiger charge is -2.30. The second kappa shape index (κ2) is 7.77. The standard InChI is InChI=1S/C18H23N3O2S/c1-12-13(2)24-17(20-12)11-19-18(22)21-15-8-9-23-16(10-15)14-6-4-3-5-7-14/h3-7,15-16H,8-11H2,1-2H3,(H2,19,21,22)/t15-,16+/m1/s1. The number of carbonyl (C=O) groups excluding carboxylic acids is 1. The van der Waals surface area contributed by atoms with Crippen molar-refractivity contribution in [2.75, 3.05) is 6.61 Å². The molecule has 0 radical (unpaired) electrons. The first-order valence-corrected chi connectivity index (χ1v) is 9.07. The average Bonchev–Trinajstić information content (AvgIpc) is 2.92. The van der Waals surface area contributed by atoms with E-state index in [2.05, 4.69) is 27.8 Å². The third-order valence-electron chi connectivity index (χ3n) is 4.26. The van der Waals surface area contributed by atoms with Gasteiger partial charge in [0, 0.05) is 17.5 Å². The highest BCUT2D eigenvalue weighted by atomic mass is 32.1. The number of urea groups is 1. The quantitative estimate of drug-likeness (QED) is 0.892. The minimum absolute atomic E-state index is 0.0505. The summed E-state index contributed by atoms with van der Waals surface area (Å²) in [6.07, 6.45) is 1.69. The zero-order valence-corrected chi connectivity index (χ0v) is 14.9. The number of benzene rings is 1. The maximum atomic E-state index is 12.1. The summed E-state index contributed by atoms with van der Waals surface area (Å²) in [6, 6.07) is 10.2. The van der Waals surface area contributed by atoms with Crippen molar-refractivity contribution in [3.8, 4) is 0 Å². The van der Waals surface area contributed by atoms with Crippen molar-refractivity contribution in [3.05, 3.63) is 51.5 Å². The minimum Gasteiger partial charge on any atom is -0.373 e. The van der Waals surface area contributed by atoms with E-state index in [0.717, 1.165) is 29.1 Å². The Kier molecular flexibility index (Phi) is 5.48. The molecule has 1 aromatic heterocycles. The first kappa shape index (κ1) is 16.9. The van der Waals surface area contributed by atoms with Crippen LogP contribution in [0.15, 0.2) is 30.3 Å². The van der Waals surface area contributed by atoms with E-state index in [-0.39, 0.29) is 18.2 Å². The van der Waals surface area contributed by atoms with Crippen LogP contribution in [-0.2, 0) is 11.3 Å². The fourth-order valence-corrected chi connectivity index (χ4v) is 3.71. The Morgan fingerprint density at radius 3 is 2.83 bits per heavy atom. The van der Waals surface area contributed by atoms with Crippen LogP contribution in [0.5, 0.6) is 0 Å². The summed E-state index contributed by atoms with van der Waals surface area (Å²) in [6.45, 7) is 5.16. The van der Waals surface area contributed by atoms with Crippen LogP contribution in [0, 0.1) is 13.8 Å². The molecule has 0 saturated carbocycles. The van der Waals surface area contributed by atoms with E-state index in [1.165, 1.54) is 4.88 Å². The second-order valence-corrected chi connectivity index (χ2v) is 7.36. The third kappa shape index (κ3) is 4.33. The number of nitrogens with zero attached hydrogens (tertiary/aromatic N) is 1. The molecule has 0 spiro atoms. The fourth-order valence-electron chi connectivity index (χ4n) is 2.84. The lowest BCUT2D eigenvalue weighted by Crippen LogP contribution is -2.44. The number of carbonyl (C=O) groups is 1. The number of hydrogen-bond donors (Lipinski definition) is 2. The van der Waals surface area contributed by atoms with Crippen molar-refractivity contribution in [3.63, 3.8) is 0 Å². The van der Waals surface area contributed by atoms with E-state index in [4.69, 9.17) is 4.74 Å². The molecule has 1 saturated heterocycles. The number of ether oxygens (including phenoxy) is 1. The Bertz CT molecular complexity index is 667. The maximum Gasteiger partial charge on any atom is 0.315 e. The van der Waals surface area contributed by atoms with Gasteiger partial charge in [0.05, 0.1) is 18.3 Å². The topological polar surface area (TPSA) is 63.2 Å². The van der Waals surface area contributed by atoms with Crippen LogP contribution >= 0.6 is 11.3 Å². The third-order valence-corrected chi connectivity index (χ3v) is 5.34. The fraction of sp³-hybridized carbons (Fsp3) is 0.444. The zero-order chi connectivity index (χ0) is 16.9. The molecule has 0 unspecified atom stereocenters. The summed E-state index contributed by atoms with van der Waals surface area (Å²) in [5.41, 5.74) is 2.20. The minimum atomic E-state index is -0.140. The van der Waals surface area contributed by atoms with Crippen LogP contribution < -0.4 is 10.6 Å². The van der Waals surface area contributed by atoms with Gasteiger partial charge in [-0.15, -0.1) is 11.3 Å². The van der Waals surface area contributed by atoms with Gasteiger partial charge in [-0.2, -0.15) is 0 Å². The average molecular weight is 345 g/mol. The van der Waals surface area contributed by atoms with E-state index in [1.807, 2.05) is 32.0 Å². The molecule has 1 fully saturated rings. The van der Waals surface area contributed by atoms with E-state index >= 15 is 0 Å². The van der Waals surface area contributed by atoms with Gasteiger partial charge in [-0.3, -0.25) is 0 Å². The van der Waals surface area contributed by atoms with Crippen LogP contribution in [-0.4, -0.2) is 23.7 Å². The van der Waals surface area contributed by atoms with Gasteiger partial charge in [0.1, 0.15) is 5.01 Å². The van der Waals surface area contributed by atoms with Crippen molar-refractivity contribution in [1.82, 2.24) is 15.6 Å². The zero-order valence-electron chi connectivity index (χ0n) is 14.0. The molecule has 1 aromatic carbocycles. The van der Waals surface area contributed by atoms with Crippen molar-refractivity contribution >= 4 is 17.4 Å². The monoisotopic (exact) mass is 345 g/mol. The van der Waals surface area contributed by atoms with Crippen LogP contribution in [0.3, 0.4) is 0 Å². The van der Waals surface area contributed by atoms with E-state index in [0.29, 0.717) is 13.2 Å². The van der Waals surface area contributed by atoms with Crippen molar-refractivity contribution in [2.45, 2.75) is 45.4 Å². The first-order valence-electron chi connectivity index (χ1n) is 8.25. The van der Waals surface area contributed by atoms with Crippen molar-refractivity contribution < 1.29 is 9.53 Å². The number of hydrogen-bond acceptors (Lipinski definition) is 4. The largest absolute Gasteiger partial charge is 0.373 e. The molecule has 3 rings (SSSR count). The van der Waals surface area contributed by atoms with E-state index < -0.39 is 0 Å². The number of amides is 2. The number of nitrogens with one attached hydrogen (secondary N) is 2. The molecule has 6 heteroatoms. The lowest BCUT2D eigenvalue weighted by atomic mass is 9.97. The molecule has 2 N–H and O–H groups in total. The summed E-state index contributed by atoms with van der Waals surface area (Å²) in [5, 5.41) is 6.89. The highest BCUT2D eigenvalue weighted by Crippen LogP contribution is 2.27. The van der Waals surface area contributed by atoms with Gasteiger partial charge in [0.25, 0.3) is 0 Å². The molecule has 2 atom stereocenters. The normalized spacial score (nSPS) is 20.6. The SMILES string of the molecule is Cc1nc(CNC(=O)N[C@@H]2CCO[C@H](c3ccccc3)C2)sc1C. The highest BCUT2D eigenvalue weighted by Gasteiger charge is 2.24. The molecular weight excluding hydrogens is 322 g/mol. The summed E-state index contributed by atoms with van der Waals surface area (Å²) in [4.78, 5) is 17.8. The molecule has 2 heterocycles. The molecule has 1 aliphatic heterocycles. The van der Waals surface area contributed by atoms with Crippen LogP contribution in [0.4, 0.5) is 4.79 Å². The van der Waals surface area contributed by atoms with Gasteiger partial charge in [0.2, 0.25) is 0 Å². The Hall–Kier alpha value is -1.92. The van der Waals surface area contributed by atoms with Gasteiger partial charge < -0.3 is 15.4 Å². The molecule has 2 aromatic rings. The number of thiazole rings is 1. The summed E-state index contributed by atoms with van der Waals surface area (Å²) in [5.74, 6) is 0. The predicted molar refractivity (Wildman–Crippen MR) is 95.1 cm³/mol. The van der Waals surface area contributed by atoms with Gasteiger partial charge in [-0.25, -0.2) is 9.78 Å². The number of rotatable bonds is 4. The molecule has 2 amide bonds. The van der Waals surface area contributed by atoms with E-state index in [1.54, 1.807) is 11.3 Å². The number of aryl methyl sites for hydroxylation is 2. The van der Waals surface area contributed by atoms with Gasteiger partial charge in [0.15, 0.2) is 0 Å². The molecule has 128 valence electrons. The molecule has 5 nitrogen and oxygen atoms in total. The second-order valence-electron chi connectivity index (χ2n) is 6.07. The summed E-state index contributed by atoms with van der Waals surface area (Å²) < 4.78 is 5.84. The summed E-state index contributed by atoms with van der Waals surface area (Å²) in [7, 11) is 0. The summed E-state index contributed by atoms with van der Waals surface area (Å²) >= 11 is 1.63. The molecule has 24 heavy (non-hydrogen) atoms. The predicted octanol–water partition coefficient (Wildman–Crippen LogP) is 3.48. The van der Waals surface area contributed by atoms with Crippen LogP contribution in [0.2, 0.25) is 0 Å². The number of aromatic nitrogens is 1. The van der Waals surface area contributed by atoms with E-state index in [9.17, 15) is 4.79 Å². The van der Waals surface area contributed by atoms with Crippen LogP contribution in [0.25, 0.3) is 0 Å². The Morgan fingerprint density at radius 1 is 1.33 bits per heavy atom. The molecule has 0 aliphatic carbocycles. The Morgan fingerprint density at radius 2 is 2.12 bits per heavy atom. The van der Waals surface area contributed by atoms with Crippen molar-refractivity contribution in [1.29, 1.82) is 0 Å². The molecule has 1 aliphatic rings. The molecular formula is C18H23N3O2S. The molecule has 0 bridgehead atoms. The lowest BCUT2D eigenvalue weighted by molar-refractivity contribution is 0.00225. The highest BCUT2D eigenvalue weighted by molar-refractivity contribution is 7.11. The maximum absolute atomic E-state index is 12.1. The Labute approximate surface area is 146 Å². The smallest absolute Gasteiger partial charge is 0.315 e. The van der Waals surface area contributed by atoms with Crippen molar-refractivity contribution in [2.24, 2.45) is 0 Å². The van der Waals surface area contributed by atoms with Gasteiger partial charge >= 0.3 is 6.03 Å². The van der Waals surface area contributed by atoms with Gasteiger partial charge in [-0.1, -0.05) is 30.3 Å². The first-order chi connectivity index (χ1) is 11.6. The Balaban J connectivity index is 1.49. The van der Waals surface area contributed by atoms with Crippen LogP contribution in [0.1, 0.15) is 40.1 Å². The van der Waals surface area contributed by atoms with Gasteiger partial charge in [-0.05, 0) is 32.3 Å².